The van der Waals surface area contributed by atoms with E-state index in [0.717, 1.165) is 29.4 Å². The number of hydrogen-bond donors (Lipinski definition) is 1. The van der Waals surface area contributed by atoms with Crippen LogP contribution >= 0.6 is 0 Å². The number of benzene rings is 2. The summed E-state index contributed by atoms with van der Waals surface area (Å²) in [7, 11) is -3.50. The third kappa shape index (κ3) is 6.57. The molecule has 1 aliphatic rings. The summed E-state index contributed by atoms with van der Waals surface area (Å²) in [5.41, 5.74) is 3.97. The van der Waals surface area contributed by atoms with Crippen LogP contribution in [0.4, 0.5) is 16.2 Å². The molecule has 1 amide bonds. The monoisotopic (exact) mass is 587 g/mol. The number of rotatable bonds is 7. The van der Waals surface area contributed by atoms with Crippen LogP contribution in [0.25, 0.3) is 22.2 Å². The molecule has 0 saturated carbocycles. The number of sulfone groups is 1. The Labute approximate surface area is 245 Å². The fourth-order valence-electron chi connectivity index (χ4n) is 5.13. The number of ether oxygens (including phenoxy) is 1. The Balaban J connectivity index is 1.45. The Morgan fingerprint density at radius 3 is 2.62 bits per heavy atom. The zero-order valence-corrected chi connectivity index (χ0v) is 24.8. The van der Waals surface area contributed by atoms with Gasteiger partial charge in [-0.1, -0.05) is 24.3 Å². The fraction of sp³-hybridized carbons (Fsp3) is 0.323. The van der Waals surface area contributed by atoms with Crippen LogP contribution < -0.4 is 5.32 Å². The molecule has 1 aliphatic heterocycles. The van der Waals surface area contributed by atoms with Gasteiger partial charge in [0.2, 0.25) is 0 Å². The van der Waals surface area contributed by atoms with E-state index < -0.39 is 27.6 Å². The number of aromatic nitrogens is 3. The van der Waals surface area contributed by atoms with Crippen molar-refractivity contribution < 1.29 is 22.7 Å². The number of ketones is 1. The molecule has 218 valence electrons. The van der Waals surface area contributed by atoms with E-state index in [1.807, 2.05) is 51.1 Å². The van der Waals surface area contributed by atoms with Gasteiger partial charge in [-0.3, -0.25) is 24.6 Å². The molecule has 11 heteroatoms. The van der Waals surface area contributed by atoms with E-state index in [-0.39, 0.29) is 17.1 Å². The third-order valence-corrected chi connectivity index (χ3v) is 8.06. The Bertz CT molecular complexity index is 1770. The number of carbonyl (C=O) groups is 2. The number of nitrogens with zero attached hydrogens (tertiary/aromatic N) is 4. The molecule has 1 unspecified atom stereocenters. The molecule has 10 nitrogen and oxygen atoms in total. The maximum Gasteiger partial charge on any atom is 0.410 e. The topological polar surface area (TPSA) is 131 Å². The average Bonchev–Trinajstić information content (AvgIpc) is 3.42. The van der Waals surface area contributed by atoms with E-state index in [2.05, 4.69) is 20.3 Å². The van der Waals surface area contributed by atoms with Crippen LogP contribution in [0.5, 0.6) is 0 Å². The molecule has 1 fully saturated rings. The zero-order valence-electron chi connectivity index (χ0n) is 24.0. The van der Waals surface area contributed by atoms with Gasteiger partial charge in [-0.05, 0) is 62.9 Å². The highest BCUT2D eigenvalue weighted by Gasteiger charge is 2.36. The number of Topliss-reactive ketones (excluding diaryl/α,β-unsaturated/α-hetero) is 1. The van der Waals surface area contributed by atoms with E-state index in [1.54, 1.807) is 23.4 Å². The molecule has 0 spiro atoms. The zero-order chi connectivity index (χ0) is 30.1. The third-order valence-electron chi connectivity index (χ3n) is 6.90. The number of pyridine rings is 1. The first-order chi connectivity index (χ1) is 19.9. The van der Waals surface area contributed by atoms with Gasteiger partial charge in [-0.2, -0.15) is 0 Å². The second kappa shape index (κ2) is 11.5. The second-order valence-corrected chi connectivity index (χ2v) is 13.4. The smallest absolute Gasteiger partial charge is 0.410 e. The van der Waals surface area contributed by atoms with Gasteiger partial charge in [-0.25, -0.2) is 13.2 Å². The molecular weight excluding hydrogens is 554 g/mol. The summed E-state index contributed by atoms with van der Waals surface area (Å²) in [6.45, 7) is 5.92. The lowest BCUT2D eigenvalue weighted by Crippen LogP contribution is -2.43. The minimum absolute atomic E-state index is 0.0412. The van der Waals surface area contributed by atoms with Crippen LogP contribution in [0.1, 0.15) is 39.2 Å². The lowest BCUT2D eigenvalue weighted by atomic mass is 9.97. The Morgan fingerprint density at radius 2 is 1.86 bits per heavy atom. The van der Waals surface area contributed by atoms with Crippen molar-refractivity contribution in [2.24, 2.45) is 0 Å². The highest BCUT2D eigenvalue weighted by molar-refractivity contribution is 7.90. The molecular formula is C31H33N5O5S. The van der Waals surface area contributed by atoms with Crippen molar-refractivity contribution in [1.29, 1.82) is 0 Å². The van der Waals surface area contributed by atoms with E-state index in [4.69, 9.17) is 4.74 Å². The van der Waals surface area contributed by atoms with Crippen LogP contribution in [0.15, 0.2) is 72.1 Å². The van der Waals surface area contributed by atoms with Crippen molar-refractivity contribution in [2.45, 2.75) is 56.6 Å². The molecule has 1 N–H and O–H groups in total. The average molecular weight is 588 g/mol. The van der Waals surface area contributed by atoms with Crippen LogP contribution in [-0.4, -0.2) is 64.6 Å². The van der Waals surface area contributed by atoms with Crippen LogP contribution in [0.3, 0.4) is 0 Å². The van der Waals surface area contributed by atoms with Crippen molar-refractivity contribution in [2.75, 3.05) is 18.1 Å². The van der Waals surface area contributed by atoms with Gasteiger partial charge in [0.25, 0.3) is 0 Å². The van der Waals surface area contributed by atoms with E-state index in [0.29, 0.717) is 35.4 Å². The predicted octanol–water partition coefficient (Wildman–Crippen LogP) is 5.35. The number of amides is 1. The Kier molecular flexibility index (Phi) is 7.96. The van der Waals surface area contributed by atoms with Gasteiger partial charge in [0, 0.05) is 49.1 Å². The summed E-state index contributed by atoms with van der Waals surface area (Å²) in [6, 6.07) is 12.2. The molecule has 0 aliphatic carbocycles. The van der Waals surface area contributed by atoms with Crippen LogP contribution in [-0.2, 0) is 25.8 Å². The number of carbonyl (C=O) groups excluding carboxylic acids is 2. The molecule has 3 heterocycles. The standard InChI is InChI=1S/C31H33N5O5S/c1-31(2,3)41-30(38)36-14-6-9-26(36)27(37)16-20-7-5-8-21(15-20)23-17-22(18-24-29(23)34-13-12-33-24)35-25-19-32-11-10-28(25)42(4,39)40/h5,7-8,10-13,15,17-19,26,35H,6,9,14,16H2,1-4H3. The molecule has 1 saturated heterocycles. The summed E-state index contributed by atoms with van der Waals surface area (Å²) in [5.74, 6) is -0.0412. The number of likely N-dealkylation sites (tertiary alicyclic amines) is 1. The fourth-order valence-corrected chi connectivity index (χ4v) is 5.94. The van der Waals surface area contributed by atoms with Crippen LogP contribution in [0, 0.1) is 0 Å². The summed E-state index contributed by atoms with van der Waals surface area (Å²) < 4.78 is 30.2. The quantitative estimate of drug-likeness (QED) is 0.304. The van der Waals surface area contributed by atoms with E-state index >= 15 is 0 Å². The van der Waals surface area contributed by atoms with Crippen molar-refractivity contribution in [3.63, 3.8) is 0 Å². The summed E-state index contributed by atoms with van der Waals surface area (Å²) >= 11 is 0. The largest absolute Gasteiger partial charge is 0.444 e. The van der Waals surface area contributed by atoms with Gasteiger partial charge >= 0.3 is 6.09 Å². The molecule has 0 radical (unpaired) electrons. The predicted molar refractivity (Wildman–Crippen MR) is 160 cm³/mol. The van der Waals surface area contributed by atoms with Crippen LogP contribution in [0.2, 0.25) is 0 Å². The number of hydrogen-bond acceptors (Lipinski definition) is 9. The van der Waals surface area contributed by atoms with E-state index in [9.17, 15) is 18.0 Å². The minimum Gasteiger partial charge on any atom is -0.444 e. The number of fused-ring (bicyclic) bond motifs is 1. The normalized spacial score (nSPS) is 15.5. The highest BCUT2D eigenvalue weighted by Crippen LogP contribution is 2.33. The van der Waals surface area contributed by atoms with Crippen molar-refractivity contribution >= 4 is 44.1 Å². The van der Waals surface area contributed by atoms with Gasteiger partial charge < -0.3 is 10.1 Å². The summed E-state index contributed by atoms with van der Waals surface area (Å²) in [6.07, 6.45) is 8.30. The summed E-state index contributed by atoms with van der Waals surface area (Å²) in [4.78, 5) is 40.9. The maximum absolute atomic E-state index is 13.4. The van der Waals surface area contributed by atoms with Crippen molar-refractivity contribution in [1.82, 2.24) is 19.9 Å². The molecule has 2 aromatic heterocycles. The minimum atomic E-state index is -3.50. The van der Waals surface area contributed by atoms with Gasteiger partial charge in [0.05, 0.1) is 33.9 Å². The molecule has 0 bridgehead atoms. The highest BCUT2D eigenvalue weighted by atomic mass is 32.2. The Hall–Kier alpha value is -4.38. The molecule has 2 aromatic carbocycles. The van der Waals surface area contributed by atoms with Gasteiger partial charge in [-0.15, -0.1) is 0 Å². The molecule has 1 atom stereocenters. The first-order valence-electron chi connectivity index (χ1n) is 13.7. The Morgan fingerprint density at radius 1 is 1.07 bits per heavy atom. The maximum atomic E-state index is 13.4. The van der Waals surface area contributed by atoms with Gasteiger partial charge in [0.15, 0.2) is 15.6 Å². The van der Waals surface area contributed by atoms with Crippen molar-refractivity contribution in [3.8, 4) is 11.1 Å². The first kappa shape index (κ1) is 29.1. The number of nitrogens with one attached hydrogen (secondary N) is 1. The molecule has 42 heavy (non-hydrogen) atoms. The lowest BCUT2D eigenvalue weighted by molar-refractivity contribution is -0.122. The first-order valence-corrected chi connectivity index (χ1v) is 15.6. The SMILES string of the molecule is CC(C)(C)OC(=O)N1CCCC1C(=O)Cc1cccc(-c2cc(Nc3cnccc3S(C)(=O)=O)cc3nccnc23)c1. The number of anilines is 2. The summed E-state index contributed by atoms with van der Waals surface area (Å²) in [5, 5.41) is 3.18. The molecule has 4 aromatic rings. The molecule has 5 rings (SSSR count). The van der Waals surface area contributed by atoms with Crippen molar-refractivity contribution in [3.05, 3.63) is 72.8 Å². The van der Waals surface area contributed by atoms with Gasteiger partial charge in [0.1, 0.15) is 5.60 Å². The lowest BCUT2D eigenvalue weighted by Gasteiger charge is -2.28. The van der Waals surface area contributed by atoms with E-state index in [1.165, 1.54) is 18.5 Å². The second-order valence-electron chi connectivity index (χ2n) is 11.4.